The van der Waals surface area contributed by atoms with Gasteiger partial charge in [-0.2, -0.15) is 0 Å². The molecule has 0 spiro atoms. The molecule has 0 aromatic heterocycles. The zero-order chi connectivity index (χ0) is 19.0. The van der Waals surface area contributed by atoms with Gasteiger partial charge in [0.15, 0.2) is 15.1 Å². The number of hydrogen-bond donors (Lipinski definition) is 4. The van der Waals surface area contributed by atoms with Gasteiger partial charge in [-0.1, -0.05) is 0 Å². The number of ether oxygens (including phenoxy) is 2. The second-order valence-corrected chi connectivity index (χ2v) is 6.50. The van der Waals surface area contributed by atoms with E-state index in [1.165, 1.54) is 20.5 Å². The molecule has 136 valence electrons. The fourth-order valence-corrected chi connectivity index (χ4v) is 2.44. The van der Waals surface area contributed by atoms with E-state index in [1.807, 2.05) is 0 Å². The fourth-order valence-electron chi connectivity index (χ4n) is 1.51. The third-order valence-electron chi connectivity index (χ3n) is 2.62. The molecule has 1 rings (SSSR count). The third-order valence-corrected chi connectivity index (χ3v) is 3.95. The highest BCUT2D eigenvalue weighted by molar-refractivity contribution is 7.90. The molecule has 1 aromatic rings. The standard InChI is InChI=1S/C13H16N4O5S3/c1-21-12(18)16-10(23)14-8-5-4-7(25(3)20)6-9(8)15-11(24)17-13(19)22-2/h4-6H,1-3H3,(H2,14,16,18,23)(H2,15,17,19,24). The van der Waals surface area contributed by atoms with Gasteiger partial charge in [0.05, 0.1) is 25.6 Å². The van der Waals surface area contributed by atoms with Crippen LogP contribution in [0.1, 0.15) is 0 Å². The van der Waals surface area contributed by atoms with Gasteiger partial charge < -0.3 is 24.7 Å². The van der Waals surface area contributed by atoms with Crippen molar-refractivity contribution in [1.29, 1.82) is 0 Å². The van der Waals surface area contributed by atoms with Crippen LogP contribution in [0.25, 0.3) is 0 Å². The molecule has 12 heteroatoms. The topological polar surface area (TPSA) is 124 Å². The summed E-state index contributed by atoms with van der Waals surface area (Å²) in [5.74, 6) is 0. The van der Waals surface area contributed by atoms with Crippen LogP contribution in [0.5, 0.6) is 0 Å². The molecule has 0 heterocycles. The second-order valence-electron chi connectivity index (χ2n) is 4.30. The van der Waals surface area contributed by atoms with Crippen LogP contribution < -0.4 is 21.3 Å². The van der Waals surface area contributed by atoms with Gasteiger partial charge in [-0.15, -0.1) is 0 Å². The first-order chi connectivity index (χ1) is 11.8. The lowest BCUT2D eigenvalue weighted by molar-refractivity contribution is 0.176. The summed E-state index contributed by atoms with van der Waals surface area (Å²) in [4.78, 5) is 22.9. The maximum Gasteiger partial charge on any atom is 0.413 e. The number of carbonyl (C=O) groups is 2. The zero-order valence-corrected chi connectivity index (χ0v) is 15.9. The lowest BCUT2D eigenvalue weighted by atomic mass is 10.2. The molecule has 0 radical (unpaired) electrons. The van der Waals surface area contributed by atoms with Gasteiger partial charge in [0.1, 0.15) is 6.26 Å². The monoisotopic (exact) mass is 404 g/mol. The van der Waals surface area contributed by atoms with Crippen molar-refractivity contribution in [3.63, 3.8) is 0 Å². The number of carbonyl (C=O) groups excluding carboxylic acids is 2. The first kappa shape index (κ1) is 20.9. The number of alkyl carbamates (subject to hydrolysis) is 2. The minimum Gasteiger partial charge on any atom is -0.612 e. The largest absolute Gasteiger partial charge is 0.612 e. The van der Waals surface area contributed by atoms with Gasteiger partial charge in [-0.25, -0.2) is 9.59 Å². The second kappa shape index (κ2) is 9.98. The predicted molar refractivity (Wildman–Crippen MR) is 102 cm³/mol. The van der Waals surface area contributed by atoms with Crippen molar-refractivity contribution in [3.05, 3.63) is 18.2 Å². The van der Waals surface area contributed by atoms with E-state index in [1.54, 1.807) is 18.2 Å². The molecule has 9 nitrogen and oxygen atoms in total. The number of amides is 2. The van der Waals surface area contributed by atoms with Gasteiger partial charge >= 0.3 is 12.2 Å². The Morgan fingerprint density at radius 1 is 1.00 bits per heavy atom. The lowest BCUT2D eigenvalue weighted by Gasteiger charge is -2.16. The van der Waals surface area contributed by atoms with E-state index in [0.29, 0.717) is 16.3 Å². The van der Waals surface area contributed by atoms with E-state index < -0.39 is 23.4 Å². The number of benzene rings is 1. The number of thiocarbonyl (C=S) groups is 2. The minimum atomic E-state index is -1.24. The minimum absolute atomic E-state index is 0.0212. The Labute approximate surface area is 158 Å². The van der Waals surface area contributed by atoms with E-state index in [-0.39, 0.29) is 10.2 Å². The molecular weight excluding hydrogens is 388 g/mol. The van der Waals surface area contributed by atoms with Gasteiger partial charge in [-0.3, -0.25) is 10.6 Å². The number of methoxy groups -OCH3 is 2. The molecule has 0 fully saturated rings. The average molecular weight is 404 g/mol. The highest BCUT2D eigenvalue weighted by Crippen LogP contribution is 2.25. The van der Waals surface area contributed by atoms with Crippen molar-refractivity contribution >= 4 is 69.4 Å². The summed E-state index contributed by atoms with van der Waals surface area (Å²) in [5, 5.41) is 10.0. The van der Waals surface area contributed by atoms with Crippen LogP contribution in [0, 0.1) is 0 Å². The summed E-state index contributed by atoms with van der Waals surface area (Å²) in [7, 11) is 2.40. The molecule has 0 saturated carbocycles. The summed E-state index contributed by atoms with van der Waals surface area (Å²) >= 11 is 8.75. The summed E-state index contributed by atoms with van der Waals surface area (Å²) in [5.41, 5.74) is 0.799. The third kappa shape index (κ3) is 7.09. The van der Waals surface area contributed by atoms with Gasteiger partial charge in [0.2, 0.25) is 0 Å². The van der Waals surface area contributed by atoms with Crippen molar-refractivity contribution in [2.24, 2.45) is 0 Å². The molecular formula is C13H16N4O5S3. The normalized spacial score (nSPS) is 10.9. The quantitative estimate of drug-likeness (QED) is 0.438. The maximum atomic E-state index is 11.7. The fraction of sp³-hybridized carbons (Fsp3) is 0.231. The number of anilines is 2. The summed E-state index contributed by atoms with van der Waals surface area (Å²) < 4.78 is 20.6. The van der Waals surface area contributed by atoms with E-state index >= 15 is 0 Å². The summed E-state index contributed by atoms with van der Waals surface area (Å²) in [6.07, 6.45) is 0.0343. The van der Waals surface area contributed by atoms with E-state index in [9.17, 15) is 14.1 Å². The van der Waals surface area contributed by atoms with Crippen LogP contribution >= 0.6 is 24.4 Å². The average Bonchev–Trinajstić information content (AvgIpc) is 2.55. The van der Waals surface area contributed by atoms with Gasteiger partial charge in [0, 0.05) is 6.07 Å². The number of rotatable bonds is 3. The van der Waals surface area contributed by atoms with Crippen LogP contribution in [0.2, 0.25) is 0 Å². The molecule has 1 unspecified atom stereocenters. The Morgan fingerprint density at radius 3 is 1.92 bits per heavy atom. The van der Waals surface area contributed by atoms with Crippen molar-refractivity contribution in [3.8, 4) is 0 Å². The zero-order valence-electron chi connectivity index (χ0n) is 13.5. The molecule has 1 atom stereocenters. The van der Waals surface area contributed by atoms with Crippen molar-refractivity contribution in [1.82, 2.24) is 10.6 Å². The SMILES string of the molecule is COC(=O)NC(=S)Nc1ccc([S+](C)[O-])cc1NC(=S)NC(=O)OC. The predicted octanol–water partition coefficient (Wildman–Crippen LogP) is 1.53. The van der Waals surface area contributed by atoms with Crippen molar-refractivity contribution in [2.45, 2.75) is 4.90 Å². The highest BCUT2D eigenvalue weighted by atomic mass is 32.2. The Morgan fingerprint density at radius 2 is 1.48 bits per heavy atom. The molecule has 0 aliphatic carbocycles. The molecule has 4 N–H and O–H groups in total. The smallest absolute Gasteiger partial charge is 0.413 e. The number of hydrogen-bond acceptors (Lipinski definition) is 7. The Kier molecular flexibility index (Phi) is 8.34. The first-order valence-electron chi connectivity index (χ1n) is 6.56. The van der Waals surface area contributed by atoms with Crippen LogP contribution in [-0.2, 0) is 20.6 Å². The first-order valence-corrected chi connectivity index (χ1v) is 8.93. The Bertz CT molecular complexity index is 684. The van der Waals surface area contributed by atoms with Gasteiger partial charge in [-0.05, 0) is 47.7 Å². The Hall–Kier alpha value is -2.15. The number of nitrogens with one attached hydrogen (secondary N) is 4. The van der Waals surface area contributed by atoms with E-state index in [4.69, 9.17) is 24.4 Å². The van der Waals surface area contributed by atoms with Crippen molar-refractivity contribution in [2.75, 3.05) is 31.1 Å². The molecule has 0 saturated heterocycles. The molecule has 2 amide bonds. The summed E-state index contributed by atoms with van der Waals surface area (Å²) in [6, 6.07) is 4.76. The van der Waals surface area contributed by atoms with E-state index in [0.717, 1.165) is 0 Å². The molecule has 0 aliphatic rings. The van der Waals surface area contributed by atoms with Crippen LogP contribution in [-0.4, -0.2) is 47.4 Å². The summed E-state index contributed by atoms with van der Waals surface area (Å²) in [6.45, 7) is 0. The maximum absolute atomic E-state index is 11.7. The molecule has 0 aliphatic heterocycles. The molecule has 1 aromatic carbocycles. The van der Waals surface area contributed by atoms with E-state index in [2.05, 4.69) is 30.7 Å². The lowest BCUT2D eigenvalue weighted by Crippen LogP contribution is -2.35. The van der Waals surface area contributed by atoms with Crippen LogP contribution in [0.4, 0.5) is 21.0 Å². The van der Waals surface area contributed by atoms with Gasteiger partial charge in [0.25, 0.3) is 0 Å². The Balaban J connectivity index is 2.99. The molecule has 25 heavy (non-hydrogen) atoms. The van der Waals surface area contributed by atoms with Crippen LogP contribution in [0.15, 0.2) is 23.1 Å². The molecule has 0 bridgehead atoms. The van der Waals surface area contributed by atoms with Crippen molar-refractivity contribution < 1.29 is 23.6 Å². The highest BCUT2D eigenvalue weighted by Gasteiger charge is 2.14. The van der Waals surface area contributed by atoms with Crippen LogP contribution in [0.3, 0.4) is 0 Å².